The first-order valence-corrected chi connectivity index (χ1v) is 11.5. The van der Waals surface area contributed by atoms with Gasteiger partial charge < -0.3 is 9.32 Å². The Labute approximate surface area is 192 Å². The number of amides is 1. The lowest BCUT2D eigenvalue weighted by atomic mass is 9.98. The summed E-state index contributed by atoms with van der Waals surface area (Å²) < 4.78 is 19.7. The van der Waals surface area contributed by atoms with E-state index in [2.05, 4.69) is 0 Å². The second-order valence-corrected chi connectivity index (χ2v) is 8.80. The van der Waals surface area contributed by atoms with Crippen molar-refractivity contribution in [3.63, 3.8) is 0 Å². The third kappa shape index (κ3) is 3.40. The van der Waals surface area contributed by atoms with Gasteiger partial charge in [0.25, 0.3) is 5.91 Å². The summed E-state index contributed by atoms with van der Waals surface area (Å²) in [5.74, 6) is -0.954. The number of rotatable bonds is 4. The second-order valence-electron chi connectivity index (χ2n) is 7.51. The van der Waals surface area contributed by atoms with E-state index in [9.17, 15) is 14.0 Å². The van der Waals surface area contributed by atoms with Gasteiger partial charge in [-0.05, 0) is 53.8 Å². The Morgan fingerprint density at radius 2 is 1.81 bits per heavy atom. The molecule has 4 aromatic rings. The molecule has 1 aliphatic heterocycles. The normalized spacial score (nSPS) is 15.4. The van der Waals surface area contributed by atoms with E-state index in [0.717, 1.165) is 22.1 Å². The number of carbonyl (C=O) groups is 1. The third-order valence-electron chi connectivity index (χ3n) is 5.66. The molecule has 1 aromatic heterocycles. The zero-order valence-electron chi connectivity index (χ0n) is 17.0. The molecule has 3 aromatic carbocycles. The molecule has 32 heavy (non-hydrogen) atoms. The Morgan fingerprint density at radius 3 is 2.53 bits per heavy atom. The summed E-state index contributed by atoms with van der Waals surface area (Å²) in [7, 11) is 0. The van der Waals surface area contributed by atoms with Crippen LogP contribution >= 0.6 is 23.4 Å². The largest absolute Gasteiger partial charge is 0.450 e. The zero-order chi connectivity index (χ0) is 22.4. The molecule has 0 aliphatic carbocycles. The Bertz CT molecular complexity index is 1420. The van der Waals surface area contributed by atoms with E-state index in [0.29, 0.717) is 5.02 Å². The molecule has 2 heterocycles. The smallest absolute Gasteiger partial charge is 0.291 e. The highest BCUT2D eigenvalue weighted by Gasteiger charge is 2.42. The number of nitrogens with zero attached hydrogens (tertiary/aromatic N) is 1. The molecule has 0 bridgehead atoms. The van der Waals surface area contributed by atoms with Crippen LogP contribution < -0.4 is 5.43 Å². The Balaban J connectivity index is 1.73. The van der Waals surface area contributed by atoms with Crippen LogP contribution in [0.5, 0.6) is 0 Å². The minimum Gasteiger partial charge on any atom is -0.450 e. The molecule has 0 saturated heterocycles. The molecule has 7 heteroatoms. The van der Waals surface area contributed by atoms with Gasteiger partial charge in [-0.1, -0.05) is 41.9 Å². The molecule has 160 valence electrons. The van der Waals surface area contributed by atoms with Crippen molar-refractivity contribution in [3.8, 4) is 0 Å². The lowest BCUT2D eigenvalue weighted by molar-refractivity contribution is 0.0714. The summed E-state index contributed by atoms with van der Waals surface area (Å²) in [5, 5.41) is 0.640. The predicted octanol–water partition coefficient (Wildman–Crippen LogP) is 6.05. The first-order chi connectivity index (χ1) is 15.5. The van der Waals surface area contributed by atoms with E-state index in [1.807, 2.05) is 48.7 Å². The van der Waals surface area contributed by atoms with E-state index in [1.165, 1.54) is 12.1 Å². The van der Waals surface area contributed by atoms with Crippen molar-refractivity contribution in [1.29, 1.82) is 0 Å². The number of halogens is 2. The fourth-order valence-electron chi connectivity index (χ4n) is 4.10. The van der Waals surface area contributed by atoms with Crippen LogP contribution in [0.25, 0.3) is 11.0 Å². The van der Waals surface area contributed by atoms with Gasteiger partial charge >= 0.3 is 0 Å². The Kier molecular flexibility index (Phi) is 5.27. The molecular weight excluding hydrogens is 449 g/mol. The van der Waals surface area contributed by atoms with Crippen molar-refractivity contribution in [3.05, 3.63) is 110 Å². The van der Waals surface area contributed by atoms with Gasteiger partial charge in [0.1, 0.15) is 11.4 Å². The van der Waals surface area contributed by atoms with Gasteiger partial charge in [0.05, 0.1) is 17.0 Å². The molecule has 1 atom stereocenters. The summed E-state index contributed by atoms with van der Waals surface area (Å²) in [5.41, 5.74) is 1.51. The van der Waals surface area contributed by atoms with Crippen LogP contribution in [-0.2, 0) is 6.54 Å². The maximum atomic E-state index is 13.9. The summed E-state index contributed by atoms with van der Waals surface area (Å²) in [6.07, 6.45) is 1.97. The number of thioether (sulfide) groups is 1. The van der Waals surface area contributed by atoms with Gasteiger partial charge in [-0.15, -0.1) is 11.8 Å². The number of fused-ring (bicyclic) bond motifs is 2. The third-order valence-corrected chi connectivity index (χ3v) is 6.77. The van der Waals surface area contributed by atoms with Gasteiger partial charge in [-0.3, -0.25) is 9.59 Å². The van der Waals surface area contributed by atoms with Crippen molar-refractivity contribution in [2.75, 3.05) is 6.26 Å². The molecule has 0 radical (unpaired) electrons. The van der Waals surface area contributed by atoms with Crippen LogP contribution in [0.1, 0.15) is 33.3 Å². The zero-order valence-corrected chi connectivity index (χ0v) is 18.5. The highest BCUT2D eigenvalue weighted by atomic mass is 35.5. The maximum absolute atomic E-state index is 13.9. The van der Waals surface area contributed by atoms with E-state index in [-0.39, 0.29) is 28.8 Å². The minimum absolute atomic E-state index is 0.0138. The van der Waals surface area contributed by atoms with Crippen LogP contribution in [0.4, 0.5) is 4.39 Å². The number of hydrogen-bond acceptors (Lipinski definition) is 4. The maximum Gasteiger partial charge on any atom is 0.291 e. The van der Waals surface area contributed by atoms with E-state index in [1.54, 1.807) is 22.7 Å². The highest BCUT2D eigenvalue weighted by Crippen LogP contribution is 2.40. The molecule has 0 spiro atoms. The average molecular weight is 466 g/mol. The van der Waals surface area contributed by atoms with Crippen LogP contribution in [0.15, 0.2) is 80.8 Å². The summed E-state index contributed by atoms with van der Waals surface area (Å²) in [6, 6.07) is 18.0. The van der Waals surface area contributed by atoms with Gasteiger partial charge in [0.15, 0.2) is 5.43 Å². The van der Waals surface area contributed by atoms with Gasteiger partial charge in [-0.25, -0.2) is 4.39 Å². The minimum atomic E-state index is -0.673. The molecule has 0 N–H and O–H groups in total. The first-order valence-electron chi connectivity index (χ1n) is 9.92. The van der Waals surface area contributed by atoms with Crippen LogP contribution in [0.2, 0.25) is 5.02 Å². The van der Waals surface area contributed by atoms with E-state index in [4.69, 9.17) is 16.0 Å². The van der Waals surface area contributed by atoms with Crippen LogP contribution in [0, 0.1) is 5.82 Å². The molecule has 0 saturated carbocycles. The average Bonchev–Trinajstić information content (AvgIpc) is 3.08. The van der Waals surface area contributed by atoms with Crippen molar-refractivity contribution < 1.29 is 13.6 Å². The van der Waals surface area contributed by atoms with Crippen molar-refractivity contribution >= 4 is 40.2 Å². The molecule has 4 nitrogen and oxygen atoms in total. The van der Waals surface area contributed by atoms with E-state index < -0.39 is 23.2 Å². The summed E-state index contributed by atoms with van der Waals surface area (Å²) in [6.45, 7) is 0.196. The Morgan fingerprint density at radius 1 is 1.06 bits per heavy atom. The van der Waals surface area contributed by atoms with Gasteiger partial charge in [0.2, 0.25) is 5.76 Å². The van der Waals surface area contributed by atoms with Gasteiger partial charge in [0, 0.05) is 16.5 Å². The fourth-order valence-corrected chi connectivity index (χ4v) is 4.70. The summed E-state index contributed by atoms with van der Waals surface area (Å²) in [4.78, 5) is 29.6. The molecule has 5 rings (SSSR count). The number of benzene rings is 3. The quantitative estimate of drug-likeness (QED) is 0.344. The topological polar surface area (TPSA) is 50.5 Å². The van der Waals surface area contributed by atoms with E-state index >= 15 is 0 Å². The summed E-state index contributed by atoms with van der Waals surface area (Å²) >= 11 is 7.96. The van der Waals surface area contributed by atoms with Crippen molar-refractivity contribution in [2.45, 2.75) is 17.5 Å². The standard InChI is InChI=1S/C25H17ClFNO3S/c1-32-17-9-6-14(7-10-17)22-21-23(29)18-12-16(27)8-11-20(18)31-24(21)25(30)28(22)13-15-4-2-3-5-19(15)26/h2-12,22H,13H2,1H3. The van der Waals surface area contributed by atoms with Gasteiger partial charge in [-0.2, -0.15) is 0 Å². The second kappa shape index (κ2) is 8.11. The lowest BCUT2D eigenvalue weighted by Gasteiger charge is -2.25. The SMILES string of the molecule is CSc1ccc(C2c3c(oc4ccc(F)cc4c3=O)C(=O)N2Cc2ccccc2Cl)cc1. The number of hydrogen-bond donors (Lipinski definition) is 0. The lowest BCUT2D eigenvalue weighted by Crippen LogP contribution is -2.29. The highest BCUT2D eigenvalue weighted by molar-refractivity contribution is 7.98. The van der Waals surface area contributed by atoms with Crippen molar-refractivity contribution in [1.82, 2.24) is 4.90 Å². The van der Waals surface area contributed by atoms with Crippen LogP contribution in [-0.4, -0.2) is 17.1 Å². The molecular formula is C25H17ClFNO3S. The monoisotopic (exact) mass is 465 g/mol. The van der Waals surface area contributed by atoms with Crippen molar-refractivity contribution in [2.24, 2.45) is 0 Å². The molecule has 1 amide bonds. The first kappa shape index (κ1) is 20.8. The molecule has 1 aliphatic rings. The molecule has 1 unspecified atom stereocenters. The fraction of sp³-hybridized carbons (Fsp3) is 0.120. The number of carbonyl (C=O) groups excluding carboxylic acids is 1. The van der Waals surface area contributed by atoms with Crippen LogP contribution in [0.3, 0.4) is 0 Å². The predicted molar refractivity (Wildman–Crippen MR) is 124 cm³/mol. The molecule has 0 fully saturated rings. The Hall–Kier alpha value is -3.09.